The summed E-state index contributed by atoms with van der Waals surface area (Å²) in [5.41, 5.74) is 2.09. The molecule has 0 atom stereocenters. The summed E-state index contributed by atoms with van der Waals surface area (Å²) in [5.74, 6) is 0.785. The van der Waals surface area contributed by atoms with E-state index in [4.69, 9.17) is 0 Å². The van der Waals surface area contributed by atoms with E-state index in [0.29, 0.717) is 6.54 Å². The SMILES string of the molecule is CNCc1cc(F)ccc1Cc1nccn1C. The number of imidazole rings is 1. The third-order valence-corrected chi connectivity index (χ3v) is 2.81. The molecule has 0 fully saturated rings. The minimum atomic E-state index is -0.196. The highest BCUT2D eigenvalue weighted by Gasteiger charge is 2.07. The molecule has 0 spiro atoms. The van der Waals surface area contributed by atoms with Gasteiger partial charge in [-0.25, -0.2) is 9.37 Å². The van der Waals surface area contributed by atoms with E-state index in [1.165, 1.54) is 6.07 Å². The molecule has 2 aromatic rings. The zero-order chi connectivity index (χ0) is 12.3. The molecule has 90 valence electrons. The van der Waals surface area contributed by atoms with Gasteiger partial charge in [-0.2, -0.15) is 0 Å². The normalized spacial score (nSPS) is 10.8. The first-order chi connectivity index (χ1) is 8.20. The molecular weight excluding hydrogens is 217 g/mol. The Morgan fingerprint density at radius 2 is 2.18 bits per heavy atom. The smallest absolute Gasteiger partial charge is 0.123 e. The minimum Gasteiger partial charge on any atom is -0.338 e. The first-order valence-electron chi connectivity index (χ1n) is 5.59. The van der Waals surface area contributed by atoms with Crippen LogP contribution in [0.2, 0.25) is 0 Å². The van der Waals surface area contributed by atoms with Crippen LogP contribution in [0.3, 0.4) is 0 Å². The van der Waals surface area contributed by atoms with E-state index < -0.39 is 0 Å². The molecule has 0 aliphatic heterocycles. The van der Waals surface area contributed by atoms with Crippen LogP contribution in [0.5, 0.6) is 0 Å². The number of nitrogens with one attached hydrogen (secondary N) is 1. The number of aryl methyl sites for hydroxylation is 1. The van der Waals surface area contributed by atoms with Crippen molar-refractivity contribution >= 4 is 0 Å². The van der Waals surface area contributed by atoms with Crippen LogP contribution in [0.1, 0.15) is 17.0 Å². The van der Waals surface area contributed by atoms with Gasteiger partial charge in [0.05, 0.1) is 0 Å². The Hall–Kier alpha value is -1.68. The summed E-state index contributed by atoms with van der Waals surface area (Å²) in [5, 5.41) is 3.05. The Bertz CT molecular complexity index is 505. The maximum Gasteiger partial charge on any atom is 0.123 e. The van der Waals surface area contributed by atoms with Crippen LogP contribution in [0, 0.1) is 5.82 Å². The number of hydrogen-bond acceptors (Lipinski definition) is 2. The zero-order valence-electron chi connectivity index (χ0n) is 10.1. The number of nitrogens with zero attached hydrogens (tertiary/aromatic N) is 2. The summed E-state index contributed by atoms with van der Waals surface area (Å²) < 4.78 is 15.2. The summed E-state index contributed by atoms with van der Waals surface area (Å²) >= 11 is 0. The highest BCUT2D eigenvalue weighted by atomic mass is 19.1. The van der Waals surface area contributed by atoms with E-state index >= 15 is 0 Å². The standard InChI is InChI=1S/C13H16FN3/c1-15-9-11-7-12(14)4-3-10(11)8-13-16-5-6-17(13)2/h3-7,15H,8-9H2,1-2H3. The van der Waals surface area contributed by atoms with Gasteiger partial charge >= 0.3 is 0 Å². The molecule has 4 heteroatoms. The van der Waals surface area contributed by atoms with Crippen LogP contribution < -0.4 is 5.32 Å². The molecular formula is C13H16FN3. The third kappa shape index (κ3) is 2.71. The van der Waals surface area contributed by atoms with Gasteiger partial charge in [-0.3, -0.25) is 0 Å². The van der Waals surface area contributed by atoms with Gasteiger partial charge in [-0.1, -0.05) is 6.07 Å². The molecule has 1 heterocycles. The van der Waals surface area contributed by atoms with Crippen molar-refractivity contribution in [3.05, 3.63) is 53.4 Å². The fraction of sp³-hybridized carbons (Fsp3) is 0.308. The molecule has 17 heavy (non-hydrogen) atoms. The molecule has 2 rings (SSSR count). The average Bonchev–Trinajstić information content (AvgIpc) is 2.69. The highest BCUT2D eigenvalue weighted by molar-refractivity contribution is 5.30. The maximum absolute atomic E-state index is 13.2. The average molecular weight is 233 g/mol. The molecule has 0 bridgehead atoms. The molecule has 0 radical (unpaired) electrons. The summed E-state index contributed by atoms with van der Waals surface area (Å²) in [6, 6.07) is 4.91. The van der Waals surface area contributed by atoms with E-state index in [2.05, 4.69) is 10.3 Å². The summed E-state index contributed by atoms with van der Waals surface area (Å²) in [4.78, 5) is 4.28. The number of aromatic nitrogens is 2. The molecule has 0 aliphatic rings. The van der Waals surface area contributed by atoms with Gasteiger partial charge in [-0.05, 0) is 30.3 Å². The van der Waals surface area contributed by atoms with Crippen molar-refractivity contribution in [2.75, 3.05) is 7.05 Å². The first-order valence-corrected chi connectivity index (χ1v) is 5.59. The Kier molecular flexibility index (Phi) is 3.54. The molecule has 0 saturated heterocycles. The molecule has 1 aromatic carbocycles. The molecule has 1 N–H and O–H groups in total. The van der Waals surface area contributed by atoms with Gasteiger partial charge in [-0.15, -0.1) is 0 Å². The Labute approximate surface area is 100 Å². The van der Waals surface area contributed by atoms with Crippen LogP contribution >= 0.6 is 0 Å². The number of rotatable bonds is 4. The van der Waals surface area contributed by atoms with Crippen LogP contribution in [0.15, 0.2) is 30.6 Å². The van der Waals surface area contributed by atoms with Crippen LogP contribution in [-0.4, -0.2) is 16.6 Å². The molecule has 0 saturated carbocycles. The number of benzene rings is 1. The maximum atomic E-state index is 13.2. The lowest BCUT2D eigenvalue weighted by Gasteiger charge is -2.09. The minimum absolute atomic E-state index is 0.196. The van der Waals surface area contributed by atoms with E-state index in [1.54, 1.807) is 12.3 Å². The van der Waals surface area contributed by atoms with Gasteiger partial charge in [0, 0.05) is 32.4 Å². The largest absolute Gasteiger partial charge is 0.338 e. The second-order valence-corrected chi connectivity index (χ2v) is 4.07. The van der Waals surface area contributed by atoms with Gasteiger partial charge in [0.2, 0.25) is 0 Å². The van der Waals surface area contributed by atoms with Crippen molar-refractivity contribution < 1.29 is 4.39 Å². The van der Waals surface area contributed by atoms with Gasteiger partial charge in [0.25, 0.3) is 0 Å². The van der Waals surface area contributed by atoms with Crippen LogP contribution in [0.25, 0.3) is 0 Å². The number of hydrogen-bond donors (Lipinski definition) is 1. The lowest BCUT2D eigenvalue weighted by molar-refractivity contribution is 0.622. The van der Waals surface area contributed by atoms with Crippen molar-refractivity contribution in [1.82, 2.24) is 14.9 Å². The quantitative estimate of drug-likeness (QED) is 0.873. The van der Waals surface area contributed by atoms with Crippen molar-refractivity contribution in [2.24, 2.45) is 7.05 Å². The lowest BCUT2D eigenvalue weighted by atomic mass is 10.0. The fourth-order valence-corrected chi connectivity index (χ4v) is 1.86. The van der Waals surface area contributed by atoms with Crippen LogP contribution in [-0.2, 0) is 20.0 Å². The molecule has 0 unspecified atom stereocenters. The second-order valence-electron chi connectivity index (χ2n) is 4.07. The summed E-state index contributed by atoms with van der Waals surface area (Å²) in [7, 11) is 3.82. The fourth-order valence-electron chi connectivity index (χ4n) is 1.86. The van der Waals surface area contributed by atoms with E-state index in [-0.39, 0.29) is 5.82 Å². The second kappa shape index (κ2) is 5.10. The Morgan fingerprint density at radius 1 is 1.35 bits per heavy atom. The van der Waals surface area contributed by atoms with E-state index in [1.807, 2.05) is 30.9 Å². The lowest BCUT2D eigenvalue weighted by Crippen LogP contribution is -2.09. The summed E-state index contributed by atoms with van der Waals surface area (Å²) in [6.07, 6.45) is 4.41. The summed E-state index contributed by atoms with van der Waals surface area (Å²) in [6.45, 7) is 0.664. The van der Waals surface area contributed by atoms with Gasteiger partial charge in [0.1, 0.15) is 11.6 Å². The van der Waals surface area contributed by atoms with Crippen LogP contribution in [0.4, 0.5) is 4.39 Å². The zero-order valence-corrected chi connectivity index (χ0v) is 10.1. The molecule has 0 aliphatic carbocycles. The van der Waals surface area contributed by atoms with Gasteiger partial charge in [0.15, 0.2) is 0 Å². The predicted octanol–water partition coefficient (Wildman–Crippen LogP) is 1.87. The highest BCUT2D eigenvalue weighted by Crippen LogP contribution is 2.15. The molecule has 0 amide bonds. The van der Waals surface area contributed by atoms with Gasteiger partial charge < -0.3 is 9.88 Å². The Morgan fingerprint density at radius 3 is 2.82 bits per heavy atom. The van der Waals surface area contributed by atoms with E-state index in [0.717, 1.165) is 23.4 Å². The van der Waals surface area contributed by atoms with Crippen molar-refractivity contribution in [3.63, 3.8) is 0 Å². The Balaban J connectivity index is 2.29. The van der Waals surface area contributed by atoms with Crippen molar-refractivity contribution in [2.45, 2.75) is 13.0 Å². The van der Waals surface area contributed by atoms with E-state index in [9.17, 15) is 4.39 Å². The molecule has 3 nitrogen and oxygen atoms in total. The monoisotopic (exact) mass is 233 g/mol. The molecule has 1 aromatic heterocycles. The predicted molar refractivity (Wildman–Crippen MR) is 65.2 cm³/mol. The third-order valence-electron chi connectivity index (χ3n) is 2.81. The first kappa shape index (κ1) is 11.8. The van der Waals surface area contributed by atoms with Crippen molar-refractivity contribution in [3.8, 4) is 0 Å². The van der Waals surface area contributed by atoms with Crippen molar-refractivity contribution in [1.29, 1.82) is 0 Å². The topological polar surface area (TPSA) is 29.9 Å². The number of halogens is 1.